The molecule has 2 aromatic rings. The third-order valence-electron chi connectivity index (χ3n) is 3.12. The Morgan fingerprint density at radius 3 is 2.73 bits per heavy atom. The summed E-state index contributed by atoms with van der Waals surface area (Å²) < 4.78 is 26.7. The van der Waals surface area contributed by atoms with Crippen molar-refractivity contribution in [1.29, 1.82) is 0 Å². The van der Waals surface area contributed by atoms with Gasteiger partial charge in [-0.25, -0.2) is 13.1 Å². The highest BCUT2D eigenvalue weighted by atomic mass is 32.2. The molecule has 1 N–H and O–H groups in total. The summed E-state index contributed by atoms with van der Waals surface area (Å²) in [6.07, 6.45) is 0. The van der Waals surface area contributed by atoms with Crippen molar-refractivity contribution in [3.8, 4) is 0 Å². The maximum Gasteiger partial charge on any atom is 0.269 e. The molecule has 0 aliphatic carbocycles. The van der Waals surface area contributed by atoms with E-state index in [1.165, 1.54) is 18.2 Å². The SMILES string of the molecule is C[C@@H](CNS(=O)(=O)Cc1cccc([N+](=O)[O-])c1)c1cccs1. The van der Waals surface area contributed by atoms with Gasteiger partial charge in [0.25, 0.3) is 5.69 Å². The molecule has 118 valence electrons. The van der Waals surface area contributed by atoms with Crippen LogP contribution in [0.4, 0.5) is 5.69 Å². The Balaban J connectivity index is 1.99. The average Bonchev–Trinajstić information content (AvgIpc) is 2.99. The largest absolute Gasteiger partial charge is 0.269 e. The first-order chi connectivity index (χ1) is 10.4. The number of non-ortho nitro benzene ring substituents is 1. The van der Waals surface area contributed by atoms with E-state index in [1.807, 2.05) is 24.4 Å². The van der Waals surface area contributed by atoms with Crippen LogP contribution in [0.15, 0.2) is 41.8 Å². The van der Waals surface area contributed by atoms with Crippen molar-refractivity contribution in [3.63, 3.8) is 0 Å². The number of nitrogens with zero attached hydrogens (tertiary/aromatic N) is 1. The molecule has 0 radical (unpaired) electrons. The highest BCUT2D eigenvalue weighted by Gasteiger charge is 2.16. The first kappa shape index (κ1) is 16.6. The van der Waals surface area contributed by atoms with Gasteiger partial charge in [-0.15, -0.1) is 11.3 Å². The van der Waals surface area contributed by atoms with E-state index in [2.05, 4.69) is 4.72 Å². The van der Waals surface area contributed by atoms with Gasteiger partial charge in [0.1, 0.15) is 0 Å². The van der Waals surface area contributed by atoms with Crippen molar-refractivity contribution < 1.29 is 13.3 Å². The Bertz CT molecular complexity index is 742. The lowest BCUT2D eigenvalue weighted by atomic mass is 10.1. The molecule has 0 aliphatic rings. The molecule has 0 aliphatic heterocycles. The fraction of sp³-hybridized carbons (Fsp3) is 0.286. The molecule has 0 unspecified atom stereocenters. The molecule has 8 heteroatoms. The highest BCUT2D eigenvalue weighted by molar-refractivity contribution is 7.88. The van der Waals surface area contributed by atoms with E-state index in [0.29, 0.717) is 12.1 Å². The Morgan fingerprint density at radius 2 is 2.09 bits per heavy atom. The molecule has 1 aromatic heterocycles. The van der Waals surface area contributed by atoms with Gasteiger partial charge in [-0.1, -0.05) is 25.1 Å². The van der Waals surface area contributed by atoms with Crippen LogP contribution in [0.5, 0.6) is 0 Å². The number of hydrogen-bond acceptors (Lipinski definition) is 5. The maximum absolute atomic E-state index is 12.1. The van der Waals surface area contributed by atoms with Crippen LogP contribution >= 0.6 is 11.3 Å². The standard InChI is InChI=1S/C14H16N2O4S2/c1-11(14-6-3-7-21-14)9-15-22(19,20)10-12-4-2-5-13(8-12)16(17)18/h2-8,11,15H,9-10H2,1H3/t11-/m0/s1. The molecular formula is C14H16N2O4S2. The molecule has 22 heavy (non-hydrogen) atoms. The summed E-state index contributed by atoms with van der Waals surface area (Å²) in [4.78, 5) is 11.3. The van der Waals surface area contributed by atoms with Crippen LogP contribution < -0.4 is 4.72 Å². The quantitative estimate of drug-likeness (QED) is 0.620. The summed E-state index contributed by atoms with van der Waals surface area (Å²) in [5.74, 6) is -0.189. The van der Waals surface area contributed by atoms with Gasteiger partial charge in [-0.3, -0.25) is 10.1 Å². The number of benzene rings is 1. The monoisotopic (exact) mass is 340 g/mol. The minimum Gasteiger partial charge on any atom is -0.258 e. The summed E-state index contributed by atoms with van der Waals surface area (Å²) in [5, 5.41) is 12.7. The van der Waals surface area contributed by atoms with Gasteiger partial charge in [-0.05, 0) is 17.0 Å². The first-order valence-electron chi connectivity index (χ1n) is 6.61. The summed E-state index contributed by atoms with van der Waals surface area (Å²) in [6.45, 7) is 2.25. The second-order valence-corrected chi connectivity index (χ2v) is 7.74. The molecule has 0 saturated carbocycles. The minimum atomic E-state index is -3.53. The average molecular weight is 340 g/mol. The fourth-order valence-corrected chi connectivity index (χ4v) is 3.97. The Kier molecular flexibility index (Phi) is 5.28. The summed E-state index contributed by atoms with van der Waals surface area (Å²) in [6, 6.07) is 9.55. The van der Waals surface area contributed by atoms with Crippen LogP contribution in [0.3, 0.4) is 0 Å². The zero-order chi connectivity index (χ0) is 16.2. The lowest BCUT2D eigenvalue weighted by Gasteiger charge is -2.11. The molecule has 0 saturated heterocycles. The Hall–Kier alpha value is -1.77. The number of hydrogen-bond donors (Lipinski definition) is 1. The van der Waals surface area contributed by atoms with E-state index in [9.17, 15) is 18.5 Å². The van der Waals surface area contributed by atoms with Gasteiger partial charge in [0.15, 0.2) is 0 Å². The van der Waals surface area contributed by atoms with E-state index < -0.39 is 14.9 Å². The molecule has 1 atom stereocenters. The van der Waals surface area contributed by atoms with Crippen molar-refractivity contribution in [2.45, 2.75) is 18.6 Å². The van der Waals surface area contributed by atoms with Crippen LogP contribution in [0, 0.1) is 10.1 Å². The third kappa shape index (κ3) is 4.62. The minimum absolute atomic E-state index is 0.0832. The zero-order valence-corrected chi connectivity index (χ0v) is 13.6. The smallest absolute Gasteiger partial charge is 0.258 e. The second-order valence-electron chi connectivity index (χ2n) is 4.95. The maximum atomic E-state index is 12.1. The predicted molar refractivity (Wildman–Crippen MR) is 86.5 cm³/mol. The van der Waals surface area contributed by atoms with E-state index in [0.717, 1.165) is 4.88 Å². The lowest BCUT2D eigenvalue weighted by Crippen LogP contribution is -2.28. The highest BCUT2D eigenvalue weighted by Crippen LogP contribution is 2.20. The lowest BCUT2D eigenvalue weighted by molar-refractivity contribution is -0.384. The Morgan fingerprint density at radius 1 is 1.32 bits per heavy atom. The van der Waals surface area contributed by atoms with Crippen molar-refractivity contribution >= 4 is 27.0 Å². The first-order valence-corrected chi connectivity index (χ1v) is 9.14. The van der Waals surface area contributed by atoms with E-state index >= 15 is 0 Å². The van der Waals surface area contributed by atoms with Crippen LogP contribution in [-0.4, -0.2) is 19.9 Å². The number of thiophene rings is 1. The van der Waals surface area contributed by atoms with Gasteiger partial charge in [0, 0.05) is 29.5 Å². The summed E-state index contributed by atoms with van der Waals surface area (Å²) in [5.41, 5.74) is 0.283. The van der Waals surface area contributed by atoms with E-state index in [4.69, 9.17) is 0 Å². The second kappa shape index (κ2) is 6.99. The molecule has 0 spiro atoms. The molecule has 0 amide bonds. The Labute approximate surface area is 133 Å². The number of sulfonamides is 1. The van der Waals surface area contributed by atoms with Crippen LogP contribution in [0.2, 0.25) is 0 Å². The van der Waals surface area contributed by atoms with Gasteiger partial charge in [0.05, 0.1) is 10.7 Å². The molecule has 1 aromatic carbocycles. The topological polar surface area (TPSA) is 89.3 Å². The van der Waals surface area contributed by atoms with Crippen molar-refractivity contribution in [2.75, 3.05) is 6.54 Å². The molecule has 6 nitrogen and oxygen atoms in total. The molecular weight excluding hydrogens is 324 g/mol. The van der Waals surface area contributed by atoms with E-state index in [-0.39, 0.29) is 17.4 Å². The number of nitro groups is 1. The van der Waals surface area contributed by atoms with Crippen LogP contribution in [0.25, 0.3) is 0 Å². The third-order valence-corrected chi connectivity index (χ3v) is 5.54. The molecule has 0 bridgehead atoms. The van der Waals surface area contributed by atoms with Gasteiger partial charge in [-0.2, -0.15) is 0 Å². The number of nitrogens with one attached hydrogen (secondary N) is 1. The predicted octanol–water partition coefficient (Wildman–Crippen LogP) is 2.88. The van der Waals surface area contributed by atoms with Gasteiger partial charge < -0.3 is 0 Å². The van der Waals surface area contributed by atoms with E-state index in [1.54, 1.807) is 17.4 Å². The van der Waals surface area contributed by atoms with Crippen molar-refractivity contribution in [3.05, 3.63) is 62.3 Å². The number of nitro benzene ring substituents is 1. The normalized spacial score (nSPS) is 13.0. The summed E-state index contributed by atoms with van der Waals surface area (Å²) >= 11 is 1.58. The van der Waals surface area contributed by atoms with Gasteiger partial charge in [0.2, 0.25) is 10.0 Å². The van der Waals surface area contributed by atoms with Crippen LogP contribution in [0.1, 0.15) is 23.3 Å². The number of rotatable bonds is 7. The van der Waals surface area contributed by atoms with Gasteiger partial charge >= 0.3 is 0 Å². The summed E-state index contributed by atoms with van der Waals surface area (Å²) in [7, 11) is -3.53. The molecule has 1 heterocycles. The fourth-order valence-electron chi connectivity index (χ4n) is 1.95. The van der Waals surface area contributed by atoms with Crippen LogP contribution in [-0.2, 0) is 15.8 Å². The van der Waals surface area contributed by atoms with Crippen molar-refractivity contribution in [2.24, 2.45) is 0 Å². The molecule has 0 fully saturated rings. The van der Waals surface area contributed by atoms with Crippen molar-refractivity contribution in [1.82, 2.24) is 4.72 Å². The zero-order valence-electron chi connectivity index (χ0n) is 11.9. The molecule has 2 rings (SSSR count).